The first kappa shape index (κ1) is 23.8. The van der Waals surface area contributed by atoms with Gasteiger partial charge in [0.2, 0.25) is 11.9 Å². The van der Waals surface area contributed by atoms with Crippen LogP contribution in [0.15, 0.2) is 54.6 Å². The lowest BCUT2D eigenvalue weighted by Gasteiger charge is -2.33. The predicted molar refractivity (Wildman–Crippen MR) is 140 cm³/mol. The summed E-state index contributed by atoms with van der Waals surface area (Å²) < 4.78 is 7.87. The van der Waals surface area contributed by atoms with Crippen molar-refractivity contribution in [3.63, 3.8) is 0 Å². The second-order valence-corrected chi connectivity index (χ2v) is 9.65. The third-order valence-corrected chi connectivity index (χ3v) is 7.31. The summed E-state index contributed by atoms with van der Waals surface area (Å²) >= 11 is 0. The van der Waals surface area contributed by atoms with Crippen molar-refractivity contribution in [1.29, 1.82) is 0 Å². The van der Waals surface area contributed by atoms with Crippen LogP contribution < -0.4 is 10.2 Å². The molecule has 0 atom stereocenters. The van der Waals surface area contributed by atoms with Crippen molar-refractivity contribution in [3.8, 4) is 0 Å². The van der Waals surface area contributed by atoms with Gasteiger partial charge in [-0.1, -0.05) is 42.5 Å². The number of rotatable bonds is 9. The molecule has 2 aliphatic heterocycles. The molecule has 2 saturated heterocycles. The highest BCUT2D eigenvalue weighted by Gasteiger charge is 2.27. The number of fused-ring (bicyclic) bond motifs is 1. The SMILES string of the molecule is O=C(NCCCc1ccccc1)C1CCN(c2nc3ccccc3n2CCN2CCOCC2)CC1. The van der Waals surface area contributed by atoms with Crippen LogP contribution in [0.1, 0.15) is 24.8 Å². The molecule has 1 N–H and O–H groups in total. The molecule has 1 amide bonds. The third kappa shape index (κ3) is 6.03. The Morgan fingerprint density at radius 2 is 1.69 bits per heavy atom. The van der Waals surface area contributed by atoms with Gasteiger partial charge in [0.25, 0.3) is 0 Å². The number of benzene rings is 2. The molecule has 0 bridgehead atoms. The average Bonchev–Trinajstić information content (AvgIpc) is 3.29. The summed E-state index contributed by atoms with van der Waals surface area (Å²) in [5, 5.41) is 3.17. The lowest BCUT2D eigenvalue weighted by atomic mass is 9.96. The Hall–Kier alpha value is -2.90. The molecule has 0 aliphatic carbocycles. The lowest BCUT2D eigenvalue weighted by molar-refractivity contribution is -0.125. The number of anilines is 1. The smallest absolute Gasteiger partial charge is 0.223 e. The van der Waals surface area contributed by atoms with Gasteiger partial charge >= 0.3 is 0 Å². The summed E-state index contributed by atoms with van der Waals surface area (Å²) in [4.78, 5) is 22.6. The number of nitrogens with zero attached hydrogens (tertiary/aromatic N) is 4. The van der Waals surface area contributed by atoms with Crippen molar-refractivity contribution < 1.29 is 9.53 Å². The number of carbonyl (C=O) groups is 1. The summed E-state index contributed by atoms with van der Waals surface area (Å²) in [6.07, 6.45) is 3.72. The number of carbonyl (C=O) groups excluding carboxylic acids is 1. The van der Waals surface area contributed by atoms with Gasteiger partial charge in [-0.3, -0.25) is 9.69 Å². The van der Waals surface area contributed by atoms with Gasteiger partial charge in [0.15, 0.2) is 0 Å². The number of para-hydroxylation sites is 2. The number of nitrogens with one attached hydrogen (secondary N) is 1. The highest BCUT2D eigenvalue weighted by molar-refractivity contribution is 5.80. The fourth-order valence-electron chi connectivity index (χ4n) is 5.23. The van der Waals surface area contributed by atoms with E-state index in [2.05, 4.69) is 68.2 Å². The number of piperidine rings is 1. The van der Waals surface area contributed by atoms with E-state index in [0.717, 1.165) is 96.2 Å². The lowest BCUT2D eigenvalue weighted by Crippen LogP contribution is -2.42. The predicted octanol–water partition coefficient (Wildman–Crippen LogP) is 3.33. The molecule has 2 fully saturated rings. The molecule has 7 heteroatoms. The van der Waals surface area contributed by atoms with E-state index in [1.54, 1.807) is 0 Å². The largest absolute Gasteiger partial charge is 0.379 e. The van der Waals surface area contributed by atoms with Crippen molar-refractivity contribution in [2.75, 3.05) is 57.4 Å². The van der Waals surface area contributed by atoms with Crippen molar-refractivity contribution >= 4 is 22.9 Å². The number of imidazole rings is 1. The second kappa shape index (κ2) is 11.7. The fraction of sp³-hybridized carbons (Fsp3) is 0.500. The normalized spacial score (nSPS) is 17.7. The Morgan fingerprint density at radius 1 is 0.943 bits per heavy atom. The van der Waals surface area contributed by atoms with Gasteiger partial charge in [0.05, 0.1) is 24.2 Å². The van der Waals surface area contributed by atoms with E-state index >= 15 is 0 Å². The summed E-state index contributed by atoms with van der Waals surface area (Å²) in [7, 11) is 0. The zero-order valence-electron chi connectivity index (χ0n) is 20.6. The zero-order valence-corrected chi connectivity index (χ0v) is 20.6. The molecule has 0 saturated carbocycles. The van der Waals surface area contributed by atoms with Crippen LogP contribution in [0.4, 0.5) is 5.95 Å². The van der Waals surface area contributed by atoms with Crippen LogP contribution >= 0.6 is 0 Å². The molecule has 0 radical (unpaired) electrons. The maximum absolute atomic E-state index is 12.8. The highest BCUT2D eigenvalue weighted by atomic mass is 16.5. The van der Waals surface area contributed by atoms with Crippen molar-refractivity contribution in [2.24, 2.45) is 5.92 Å². The van der Waals surface area contributed by atoms with Crippen LogP contribution in [-0.2, 0) is 22.5 Å². The average molecular weight is 476 g/mol. The second-order valence-electron chi connectivity index (χ2n) is 9.65. The van der Waals surface area contributed by atoms with E-state index in [1.807, 2.05) is 6.07 Å². The van der Waals surface area contributed by atoms with E-state index in [4.69, 9.17) is 9.72 Å². The molecule has 3 aromatic rings. The standard InChI is InChI=1S/C28H37N5O2/c34-27(29-14-6-9-23-7-2-1-3-8-23)24-12-15-32(16-13-24)28-30-25-10-4-5-11-26(25)33(28)18-17-31-19-21-35-22-20-31/h1-5,7-8,10-11,24H,6,9,12-22H2,(H,29,34). The molecule has 0 unspecified atom stereocenters. The topological polar surface area (TPSA) is 62.6 Å². The first-order chi connectivity index (χ1) is 17.3. The van der Waals surface area contributed by atoms with E-state index in [9.17, 15) is 4.79 Å². The van der Waals surface area contributed by atoms with Crippen LogP contribution in [0.5, 0.6) is 0 Å². The van der Waals surface area contributed by atoms with E-state index < -0.39 is 0 Å². The number of aryl methyl sites for hydroxylation is 1. The van der Waals surface area contributed by atoms with Crippen LogP contribution in [0.2, 0.25) is 0 Å². The molecular weight excluding hydrogens is 438 g/mol. The Morgan fingerprint density at radius 3 is 2.49 bits per heavy atom. The van der Waals surface area contributed by atoms with E-state index in [-0.39, 0.29) is 11.8 Å². The highest BCUT2D eigenvalue weighted by Crippen LogP contribution is 2.27. The minimum Gasteiger partial charge on any atom is -0.379 e. The molecule has 35 heavy (non-hydrogen) atoms. The van der Waals surface area contributed by atoms with Gasteiger partial charge in [0.1, 0.15) is 0 Å². The molecule has 5 rings (SSSR count). The maximum atomic E-state index is 12.8. The summed E-state index contributed by atoms with van der Waals surface area (Å²) in [5.41, 5.74) is 3.56. The van der Waals surface area contributed by atoms with Crippen LogP contribution in [0, 0.1) is 5.92 Å². The maximum Gasteiger partial charge on any atom is 0.223 e. The van der Waals surface area contributed by atoms with Crippen LogP contribution in [0.25, 0.3) is 11.0 Å². The number of hydrogen-bond donors (Lipinski definition) is 1. The first-order valence-electron chi connectivity index (χ1n) is 13.1. The monoisotopic (exact) mass is 475 g/mol. The Kier molecular flexibility index (Phi) is 7.96. The number of hydrogen-bond acceptors (Lipinski definition) is 5. The quantitative estimate of drug-likeness (QED) is 0.481. The number of morpholine rings is 1. The third-order valence-electron chi connectivity index (χ3n) is 7.31. The van der Waals surface area contributed by atoms with Crippen molar-refractivity contribution in [2.45, 2.75) is 32.2 Å². The molecule has 2 aliphatic rings. The molecule has 3 heterocycles. The Balaban J connectivity index is 1.15. The first-order valence-corrected chi connectivity index (χ1v) is 13.1. The summed E-state index contributed by atoms with van der Waals surface area (Å²) in [6.45, 7) is 8.01. The van der Waals surface area contributed by atoms with E-state index in [1.165, 1.54) is 11.1 Å². The molecule has 186 valence electrons. The summed E-state index contributed by atoms with van der Waals surface area (Å²) in [6, 6.07) is 18.9. The summed E-state index contributed by atoms with van der Waals surface area (Å²) in [5.74, 6) is 1.34. The number of ether oxygens (including phenoxy) is 1. The van der Waals surface area contributed by atoms with Gasteiger partial charge in [-0.15, -0.1) is 0 Å². The minimum atomic E-state index is 0.0918. The minimum absolute atomic E-state index is 0.0918. The molecule has 7 nitrogen and oxygen atoms in total. The molecular formula is C28H37N5O2. The molecule has 1 aromatic heterocycles. The van der Waals surface area contributed by atoms with E-state index in [0.29, 0.717) is 0 Å². The van der Waals surface area contributed by atoms with Crippen LogP contribution in [-0.4, -0.2) is 72.8 Å². The van der Waals surface area contributed by atoms with Crippen molar-refractivity contribution in [1.82, 2.24) is 19.8 Å². The Labute approximate surface area is 208 Å². The fourth-order valence-corrected chi connectivity index (χ4v) is 5.23. The van der Waals surface area contributed by atoms with Gasteiger partial charge < -0.3 is 19.5 Å². The van der Waals surface area contributed by atoms with Gasteiger partial charge in [-0.25, -0.2) is 4.98 Å². The number of aromatic nitrogens is 2. The zero-order chi connectivity index (χ0) is 23.9. The molecule has 2 aromatic carbocycles. The van der Waals surface area contributed by atoms with Crippen molar-refractivity contribution in [3.05, 3.63) is 60.2 Å². The van der Waals surface area contributed by atoms with Gasteiger partial charge in [0, 0.05) is 51.7 Å². The molecule has 0 spiro atoms. The van der Waals surface area contributed by atoms with Gasteiger partial charge in [-0.2, -0.15) is 0 Å². The van der Waals surface area contributed by atoms with Gasteiger partial charge in [-0.05, 0) is 43.4 Å². The van der Waals surface area contributed by atoms with Crippen LogP contribution in [0.3, 0.4) is 0 Å². The number of amides is 1. The Bertz CT molecular complexity index is 1090.